The first-order valence-electron chi connectivity index (χ1n) is 8.34. The van der Waals surface area contributed by atoms with Crippen molar-refractivity contribution in [2.45, 2.75) is 11.8 Å². The van der Waals surface area contributed by atoms with Gasteiger partial charge in [-0.2, -0.15) is 0 Å². The van der Waals surface area contributed by atoms with Crippen LogP contribution in [0.3, 0.4) is 0 Å². The van der Waals surface area contributed by atoms with E-state index in [2.05, 4.69) is 15.0 Å². The zero-order valence-electron chi connectivity index (χ0n) is 14.8. The molecule has 0 saturated carbocycles. The molecule has 2 aromatic heterocycles. The number of imidazole rings is 1. The van der Waals surface area contributed by atoms with Crippen LogP contribution in [0.15, 0.2) is 71.2 Å². The average molecular weight is 412 g/mol. The molecule has 0 fully saturated rings. The predicted molar refractivity (Wildman–Crippen MR) is 110 cm³/mol. The van der Waals surface area contributed by atoms with Crippen LogP contribution in [0.4, 0.5) is 11.4 Å². The van der Waals surface area contributed by atoms with Crippen molar-refractivity contribution in [1.29, 1.82) is 0 Å². The van der Waals surface area contributed by atoms with E-state index in [-0.39, 0.29) is 10.8 Å². The number of nitrogens with zero attached hydrogens (tertiary/aromatic N) is 2. The van der Waals surface area contributed by atoms with Gasteiger partial charge in [-0.05, 0) is 36.4 Å². The molecule has 0 atom stereocenters. The number of carbonyl (C=O) groups is 1. The van der Waals surface area contributed by atoms with Crippen LogP contribution in [-0.2, 0) is 14.8 Å². The number of fused-ring (bicyclic) bond motifs is 1. The Hall–Kier alpha value is -3.17. The molecular weight excluding hydrogens is 396 g/mol. The van der Waals surface area contributed by atoms with Gasteiger partial charge < -0.3 is 5.32 Å². The van der Waals surface area contributed by atoms with Crippen molar-refractivity contribution < 1.29 is 13.2 Å². The maximum Gasteiger partial charge on any atom is 0.261 e. The van der Waals surface area contributed by atoms with Gasteiger partial charge in [0.05, 0.1) is 10.6 Å². The van der Waals surface area contributed by atoms with E-state index in [9.17, 15) is 13.2 Å². The van der Waals surface area contributed by atoms with Crippen LogP contribution in [0.5, 0.6) is 0 Å². The number of rotatable bonds is 5. The molecule has 2 heterocycles. The molecule has 142 valence electrons. The van der Waals surface area contributed by atoms with E-state index < -0.39 is 10.0 Å². The molecule has 9 heteroatoms. The molecule has 0 spiro atoms. The van der Waals surface area contributed by atoms with Gasteiger partial charge in [-0.15, -0.1) is 11.3 Å². The van der Waals surface area contributed by atoms with Gasteiger partial charge >= 0.3 is 0 Å². The second-order valence-electron chi connectivity index (χ2n) is 6.11. The normalized spacial score (nSPS) is 11.5. The second-order valence-corrected chi connectivity index (χ2v) is 8.67. The van der Waals surface area contributed by atoms with Gasteiger partial charge in [-0.1, -0.05) is 12.1 Å². The molecule has 2 aromatic carbocycles. The number of thiazole rings is 1. The minimum absolute atomic E-state index is 0.106. The molecule has 0 radical (unpaired) electrons. The lowest BCUT2D eigenvalue weighted by molar-refractivity contribution is -0.114. The lowest BCUT2D eigenvalue weighted by Crippen LogP contribution is -2.13. The molecule has 4 aromatic rings. The highest BCUT2D eigenvalue weighted by molar-refractivity contribution is 7.92. The number of sulfonamides is 1. The molecule has 0 aliphatic carbocycles. The van der Waals surface area contributed by atoms with E-state index in [0.29, 0.717) is 11.4 Å². The molecular formula is C19H16N4O3S2. The highest BCUT2D eigenvalue weighted by Gasteiger charge is 2.15. The summed E-state index contributed by atoms with van der Waals surface area (Å²) in [5.41, 5.74) is 2.57. The lowest BCUT2D eigenvalue weighted by Gasteiger charge is -2.10. The molecule has 7 nitrogen and oxygen atoms in total. The Labute approximate surface area is 165 Å². The quantitative estimate of drug-likeness (QED) is 0.521. The Morgan fingerprint density at radius 3 is 2.61 bits per heavy atom. The van der Waals surface area contributed by atoms with E-state index in [1.807, 2.05) is 28.2 Å². The Morgan fingerprint density at radius 2 is 1.89 bits per heavy atom. The van der Waals surface area contributed by atoms with Crippen molar-refractivity contribution in [3.05, 3.63) is 66.3 Å². The summed E-state index contributed by atoms with van der Waals surface area (Å²) in [6.07, 6.45) is 3.83. The van der Waals surface area contributed by atoms with Crippen molar-refractivity contribution in [2.75, 3.05) is 10.0 Å². The molecule has 0 saturated heterocycles. The standard InChI is InChI=1S/C19H16N4O3S2/c1-13(24)20-15-5-7-17(8-6-15)28(25,26)22-16-4-2-3-14(11-16)18-12-23-9-10-27-19(23)21-18/h2-12,22H,1H3,(H,20,24). The largest absolute Gasteiger partial charge is 0.326 e. The first-order valence-corrected chi connectivity index (χ1v) is 10.7. The van der Waals surface area contributed by atoms with Gasteiger partial charge in [0, 0.05) is 41.6 Å². The lowest BCUT2D eigenvalue weighted by atomic mass is 10.1. The molecule has 28 heavy (non-hydrogen) atoms. The van der Waals surface area contributed by atoms with E-state index >= 15 is 0 Å². The molecule has 0 bridgehead atoms. The maximum absolute atomic E-state index is 12.7. The summed E-state index contributed by atoms with van der Waals surface area (Å²) < 4.78 is 29.8. The fourth-order valence-corrected chi connectivity index (χ4v) is 4.49. The number of nitrogens with one attached hydrogen (secondary N) is 2. The number of carbonyl (C=O) groups excluding carboxylic acids is 1. The van der Waals surface area contributed by atoms with Gasteiger partial charge in [0.15, 0.2) is 4.96 Å². The van der Waals surface area contributed by atoms with E-state index in [1.165, 1.54) is 30.4 Å². The summed E-state index contributed by atoms with van der Waals surface area (Å²) in [5.74, 6) is -0.218. The number of benzene rings is 2. The number of hydrogen-bond donors (Lipinski definition) is 2. The third kappa shape index (κ3) is 3.75. The van der Waals surface area contributed by atoms with Crippen molar-refractivity contribution in [2.24, 2.45) is 0 Å². The van der Waals surface area contributed by atoms with Crippen molar-refractivity contribution in [3.63, 3.8) is 0 Å². The molecule has 0 unspecified atom stereocenters. The number of amides is 1. The van der Waals surface area contributed by atoms with Gasteiger partial charge in [0.1, 0.15) is 0 Å². The van der Waals surface area contributed by atoms with E-state index in [4.69, 9.17) is 0 Å². The Kier molecular flexibility index (Phi) is 4.62. The van der Waals surface area contributed by atoms with E-state index in [0.717, 1.165) is 16.2 Å². The topological polar surface area (TPSA) is 92.6 Å². The van der Waals surface area contributed by atoms with Crippen LogP contribution in [0, 0.1) is 0 Å². The van der Waals surface area contributed by atoms with Crippen molar-refractivity contribution in [3.8, 4) is 11.3 Å². The van der Waals surface area contributed by atoms with Crippen molar-refractivity contribution >= 4 is 43.6 Å². The summed E-state index contributed by atoms with van der Waals surface area (Å²) in [5, 5.41) is 4.56. The number of aromatic nitrogens is 2. The van der Waals surface area contributed by atoms with Crippen LogP contribution in [0.1, 0.15) is 6.92 Å². The maximum atomic E-state index is 12.7. The summed E-state index contributed by atoms with van der Waals surface area (Å²) >= 11 is 1.53. The minimum atomic E-state index is -3.76. The molecule has 4 rings (SSSR count). The van der Waals surface area contributed by atoms with Crippen molar-refractivity contribution in [1.82, 2.24) is 9.38 Å². The third-order valence-corrected chi connectivity index (χ3v) is 6.16. The van der Waals surface area contributed by atoms with Crippen LogP contribution >= 0.6 is 11.3 Å². The van der Waals surface area contributed by atoms with Crippen LogP contribution in [0.2, 0.25) is 0 Å². The van der Waals surface area contributed by atoms with Crippen LogP contribution in [0.25, 0.3) is 16.2 Å². The summed E-state index contributed by atoms with van der Waals surface area (Å²) in [6.45, 7) is 1.39. The minimum Gasteiger partial charge on any atom is -0.326 e. The molecule has 0 aliphatic heterocycles. The van der Waals surface area contributed by atoms with Gasteiger partial charge in [0.2, 0.25) is 5.91 Å². The zero-order chi connectivity index (χ0) is 19.7. The summed E-state index contributed by atoms with van der Waals surface area (Å²) in [7, 11) is -3.76. The molecule has 1 amide bonds. The monoisotopic (exact) mass is 412 g/mol. The first kappa shape index (κ1) is 18.2. The fourth-order valence-electron chi connectivity index (χ4n) is 2.74. The highest BCUT2D eigenvalue weighted by Crippen LogP contribution is 2.25. The molecule has 0 aliphatic rings. The summed E-state index contributed by atoms with van der Waals surface area (Å²) in [6, 6.07) is 13.1. The first-order chi connectivity index (χ1) is 13.4. The van der Waals surface area contributed by atoms with Crippen LogP contribution < -0.4 is 10.0 Å². The van der Waals surface area contributed by atoms with Crippen LogP contribution in [-0.4, -0.2) is 23.7 Å². The van der Waals surface area contributed by atoms with Gasteiger partial charge in [-0.3, -0.25) is 13.9 Å². The number of anilines is 2. The predicted octanol–water partition coefficient (Wildman–Crippen LogP) is 3.82. The Bertz CT molecular complexity index is 1230. The smallest absolute Gasteiger partial charge is 0.261 e. The molecule has 2 N–H and O–H groups in total. The Balaban J connectivity index is 1.57. The third-order valence-electron chi connectivity index (χ3n) is 3.99. The highest BCUT2D eigenvalue weighted by atomic mass is 32.2. The van der Waals surface area contributed by atoms with E-state index in [1.54, 1.807) is 30.3 Å². The average Bonchev–Trinajstić information content (AvgIpc) is 3.23. The second kappa shape index (κ2) is 7.10. The Morgan fingerprint density at radius 1 is 1.11 bits per heavy atom. The fraction of sp³-hybridized carbons (Fsp3) is 0.0526. The van der Waals surface area contributed by atoms with Gasteiger partial charge in [-0.25, -0.2) is 13.4 Å². The van der Waals surface area contributed by atoms with Gasteiger partial charge in [0.25, 0.3) is 10.0 Å². The zero-order valence-corrected chi connectivity index (χ0v) is 16.4. The number of hydrogen-bond acceptors (Lipinski definition) is 5. The SMILES string of the molecule is CC(=O)Nc1ccc(S(=O)(=O)Nc2cccc(-c3cn4ccsc4n3)c2)cc1. The summed E-state index contributed by atoms with van der Waals surface area (Å²) in [4.78, 5) is 16.6.